The highest BCUT2D eigenvalue weighted by molar-refractivity contribution is 8.14. The first-order valence-electron chi connectivity index (χ1n) is 5.56. The van der Waals surface area contributed by atoms with Crippen molar-refractivity contribution >= 4 is 34.3 Å². The summed E-state index contributed by atoms with van der Waals surface area (Å²) in [5, 5.41) is 1.37. The van der Waals surface area contributed by atoms with Crippen molar-refractivity contribution < 1.29 is 4.74 Å². The number of thiocarbonyl (C=S) groups is 1. The second-order valence-corrected chi connectivity index (χ2v) is 5.53. The van der Waals surface area contributed by atoms with E-state index >= 15 is 0 Å². The molecule has 0 bridgehead atoms. The third-order valence-electron chi connectivity index (χ3n) is 2.79. The predicted octanol–water partition coefficient (Wildman–Crippen LogP) is 1.20. The van der Waals surface area contributed by atoms with Crippen LogP contribution in [-0.4, -0.2) is 46.2 Å². The van der Waals surface area contributed by atoms with E-state index in [9.17, 15) is 0 Å². The van der Waals surface area contributed by atoms with Gasteiger partial charge in [0.25, 0.3) is 0 Å². The SMILES string of the molecule is CC1CSC(=NCC2CCCO2)N1C(N)=S. The molecule has 0 aromatic rings. The molecule has 2 atom stereocenters. The summed E-state index contributed by atoms with van der Waals surface area (Å²) in [6.45, 7) is 3.72. The zero-order valence-corrected chi connectivity index (χ0v) is 11.0. The van der Waals surface area contributed by atoms with Crippen molar-refractivity contribution in [1.82, 2.24) is 4.90 Å². The lowest BCUT2D eigenvalue weighted by Crippen LogP contribution is -2.41. The Kier molecular flexibility index (Phi) is 4.05. The lowest BCUT2D eigenvalue weighted by molar-refractivity contribution is 0.117. The largest absolute Gasteiger partial charge is 0.376 e. The summed E-state index contributed by atoms with van der Waals surface area (Å²) in [6, 6.07) is 0.353. The van der Waals surface area contributed by atoms with Crippen LogP contribution in [0.3, 0.4) is 0 Å². The average molecular weight is 259 g/mol. The first-order chi connectivity index (χ1) is 7.68. The van der Waals surface area contributed by atoms with Crippen molar-refractivity contribution in [1.29, 1.82) is 0 Å². The first kappa shape index (κ1) is 12.1. The molecule has 0 spiro atoms. The molecule has 4 nitrogen and oxygen atoms in total. The van der Waals surface area contributed by atoms with E-state index in [2.05, 4.69) is 11.9 Å². The smallest absolute Gasteiger partial charge is 0.172 e. The van der Waals surface area contributed by atoms with Gasteiger partial charge in [0.2, 0.25) is 0 Å². The molecule has 2 unspecified atom stereocenters. The van der Waals surface area contributed by atoms with Crippen LogP contribution < -0.4 is 5.73 Å². The van der Waals surface area contributed by atoms with Crippen LogP contribution in [0.5, 0.6) is 0 Å². The van der Waals surface area contributed by atoms with Crippen LogP contribution in [0.4, 0.5) is 0 Å². The molecule has 16 heavy (non-hydrogen) atoms. The molecule has 0 aromatic heterocycles. The summed E-state index contributed by atoms with van der Waals surface area (Å²) < 4.78 is 5.54. The lowest BCUT2D eigenvalue weighted by atomic mass is 10.2. The Morgan fingerprint density at radius 1 is 1.75 bits per heavy atom. The quantitative estimate of drug-likeness (QED) is 0.755. The Hall–Kier alpha value is -0.330. The van der Waals surface area contributed by atoms with Crippen LogP contribution in [0.2, 0.25) is 0 Å². The Labute approximate surface area is 106 Å². The summed E-state index contributed by atoms with van der Waals surface area (Å²) in [7, 11) is 0. The minimum atomic E-state index is 0.289. The third kappa shape index (κ3) is 2.67. The fraction of sp³-hybridized carbons (Fsp3) is 0.800. The Morgan fingerprint density at radius 3 is 3.19 bits per heavy atom. The topological polar surface area (TPSA) is 50.8 Å². The summed E-state index contributed by atoms with van der Waals surface area (Å²) in [5.41, 5.74) is 5.69. The molecule has 6 heteroatoms. The Balaban J connectivity index is 1.96. The zero-order chi connectivity index (χ0) is 11.5. The molecule has 2 N–H and O–H groups in total. The maximum atomic E-state index is 5.69. The molecule has 2 fully saturated rings. The van der Waals surface area contributed by atoms with Crippen LogP contribution >= 0.6 is 24.0 Å². The highest BCUT2D eigenvalue weighted by Crippen LogP contribution is 2.24. The number of rotatable bonds is 2. The maximum Gasteiger partial charge on any atom is 0.172 e. The van der Waals surface area contributed by atoms with E-state index in [1.807, 2.05) is 4.90 Å². The van der Waals surface area contributed by atoms with Gasteiger partial charge in [0, 0.05) is 18.4 Å². The van der Waals surface area contributed by atoms with E-state index in [0.717, 1.165) is 36.9 Å². The molecule has 90 valence electrons. The zero-order valence-electron chi connectivity index (χ0n) is 9.39. The van der Waals surface area contributed by atoms with Crippen molar-refractivity contribution in [2.75, 3.05) is 18.9 Å². The van der Waals surface area contributed by atoms with Gasteiger partial charge in [0.15, 0.2) is 10.3 Å². The number of hydrogen-bond acceptors (Lipinski definition) is 4. The summed E-state index contributed by atoms with van der Waals surface area (Å²) in [4.78, 5) is 6.51. The maximum absolute atomic E-state index is 5.69. The van der Waals surface area contributed by atoms with Crippen molar-refractivity contribution in [3.63, 3.8) is 0 Å². The van der Waals surface area contributed by atoms with Gasteiger partial charge in [-0.3, -0.25) is 9.89 Å². The van der Waals surface area contributed by atoms with Crippen molar-refractivity contribution in [2.45, 2.75) is 31.9 Å². The second kappa shape index (κ2) is 5.33. The molecule has 0 radical (unpaired) electrons. The lowest BCUT2D eigenvalue weighted by Gasteiger charge is -2.21. The predicted molar refractivity (Wildman–Crippen MR) is 71.8 cm³/mol. The fourth-order valence-corrected chi connectivity index (χ4v) is 3.38. The Morgan fingerprint density at radius 2 is 2.56 bits per heavy atom. The Bertz CT molecular complexity index is 302. The molecule has 2 rings (SSSR count). The molecule has 2 saturated heterocycles. The van der Waals surface area contributed by atoms with E-state index < -0.39 is 0 Å². The number of thioether (sulfide) groups is 1. The van der Waals surface area contributed by atoms with Gasteiger partial charge in [-0.1, -0.05) is 11.8 Å². The minimum absolute atomic E-state index is 0.289. The number of hydrogen-bond donors (Lipinski definition) is 1. The minimum Gasteiger partial charge on any atom is -0.376 e. The summed E-state index contributed by atoms with van der Waals surface area (Å²) in [5.74, 6) is 1.00. The molecule has 2 aliphatic heterocycles. The van der Waals surface area contributed by atoms with Crippen molar-refractivity contribution in [3.8, 4) is 0 Å². The number of amidine groups is 1. The molecule has 0 aromatic carbocycles. The summed E-state index contributed by atoms with van der Waals surface area (Å²) in [6.07, 6.45) is 2.56. The van der Waals surface area contributed by atoms with Gasteiger partial charge in [-0.05, 0) is 32.0 Å². The second-order valence-electron chi connectivity index (χ2n) is 4.13. The molecule has 0 saturated carbocycles. The standard InChI is InChI=1S/C10H17N3OS2/c1-7-6-16-10(13(7)9(11)15)12-5-8-3-2-4-14-8/h7-8H,2-6H2,1H3,(H2,11,15). The van der Waals surface area contributed by atoms with Crippen LogP contribution in [-0.2, 0) is 4.74 Å². The molecule has 2 heterocycles. The van der Waals surface area contributed by atoms with E-state index in [1.165, 1.54) is 0 Å². The van der Waals surface area contributed by atoms with Gasteiger partial charge in [-0.15, -0.1) is 0 Å². The van der Waals surface area contributed by atoms with Crippen LogP contribution in [0, 0.1) is 0 Å². The van der Waals surface area contributed by atoms with Gasteiger partial charge in [-0.2, -0.15) is 0 Å². The van der Waals surface area contributed by atoms with Gasteiger partial charge in [-0.25, -0.2) is 0 Å². The molecule has 0 aliphatic carbocycles. The van der Waals surface area contributed by atoms with E-state index in [1.54, 1.807) is 11.8 Å². The number of aliphatic imine (C=N–C) groups is 1. The van der Waals surface area contributed by atoms with Crippen molar-refractivity contribution in [3.05, 3.63) is 0 Å². The monoisotopic (exact) mass is 259 g/mol. The van der Waals surface area contributed by atoms with E-state index in [4.69, 9.17) is 22.7 Å². The number of nitrogens with zero attached hydrogens (tertiary/aromatic N) is 2. The fourth-order valence-electron chi connectivity index (χ4n) is 1.93. The normalized spacial score (nSPS) is 32.6. The average Bonchev–Trinajstić information content (AvgIpc) is 2.83. The molecule has 0 amide bonds. The van der Waals surface area contributed by atoms with E-state index in [0.29, 0.717) is 11.2 Å². The van der Waals surface area contributed by atoms with Crippen LogP contribution in [0.15, 0.2) is 4.99 Å². The summed E-state index contributed by atoms with van der Waals surface area (Å²) >= 11 is 6.76. The van der Waals surface area contributed by atoms with Crippen molar-refractivity contribution in [2.24, 2.45) is 10.7 Å². The highest BCUT2D eigenvalue weighted by Gasteiger charge is 2.29. The van der Waals surface area contributed by atoms with Crippen LogP contribution in [0.25, 0.3) is 0 Å². The molecular formula is C10H17N3OS2. The van der Waals surface area contributed by atoms with Gasteiger partial charge in [0.1, 0.15) is 0 Å². The number of nitrogens with two attached hydrogens (primary N) is 1. The molecular weight excluding hydrogens is 242 g/mol. The van der Waals surface area contributed by atoms with Crippen LogP contribution in [0.1, 0.15) is 19.8 Å². The number of ether oxygens (including phenoxy) is 1. The molecule has 2 aliphatic rings. The first-order valence-corrected chi connectivity index (χ1v) is 6.95. The van der Waals surface area contributed by atoms with E-state index in [-0.39, 0.29) is 6.10 Å². The van der Waals surface area contributed by atoms with Gasteiger partial charge < -0.3 is 10.5 Å². The third-order valence-corrected chi connectivity index (χ3v) is 4.22. The van der Waals surface area contributed by atoms with Gasteiger partial charge >= 0.3 is 0 Å². The van der Waals surface area contributed by atoms with Gasteiger partial charge in [0.05, 0.1) is 12.6 Å². The highest BCUT2D eigenvalue weighted by atomic mass is 32.2.